The summed E-state index contributed by atoms with van der Waals surface area (Å²) in [6.45, 7) is 6.86. The molecule has 108 valence electrons. The van der Waals surface area contributed by atoms with Gasteiger partial charge in [0, 0.05) is 0 Å². The maximum absolute atomic E-state index is 10.4. The minimum Gasteiger partial charge on any atom is -0.481 e. The lowest BCUT2D eigenvalue weighted by atomic mass is 9.90. The Hall–Kier alpha value is -0.570. The first-order valence-corrected chi connectivity index (χ1v) is 7.65. The largest absolute Gasteiger partial charge is 0.481 e. The third-order valence-electron chi connectivity index (χ3n) is 3.37. The van der Waals surface area contributed by atoms with Crippen molar-refractivity contribution in [1.29, 1.82) is 0 Å². The second kappa shape index (κ2) is 12.9. The number of hydrogen-bond acceptors (Lipinski definition) is 2. The van der Waals surface area contributed by atoms with Gasteiger partial charge in [-0.1, -0.05) is 46.0 Å². The highest BCUT2D eigenvalue weighted by molar-refractivity contribution is 5.69. The van der Waals surface area contributed by atoms with Gasteiger partial charge in [0.15, 0.2) is 0 Å². The predicted molar refractivity (Wildman–Crippen MR) is 76.9 cm³/mol. The fourth-order valence-electron chi connectivity index (χ4n) is 2.08. The molecular weight excluding hydrogens is 226 g/mol. The van der Waals surface area contributed by atoms with Crippen molar-refractivity contribution in [1.82, 2.24) is 5.32 Å². The molecule has 1 rings (SSSR count). The lowest BCUT2D eigenvalue weighted by Gasteiger charge is -2.16. The lowest BCUT2D eigenvalue weighted by molar-refractivity contribution is -0.142. The van der Waals surface area contributed by atoms with Crippen molar-refractivity contribution >= 4 is 5.97 Å². The van der Waals surface area contributed by atoms with Gasteiger partial charge in [0.05, 0.1) is 5.92 Å². The van der Waals surface area contributed by atoms with Gasteiger partial charge in [-0.3, -0.25) is 4.79 Å². The first-order valence-electron chi connectivity index (χ1n) is 7.65. The number of aliphatic carboxylic acids is 1. The van der Waals surface area contributed by atoms with E-state index in [2.05, 4.69) is 19.2 Å². The molecule has 0 saturated heterocycles. The first kappa shape index (κ1) is 17.4. The maximum Gasteiger partial charge on any atom is 0.306 e. The monoisotopic (exact) mass is 257 g/mol. The molecule has 0 aromatic rings. The van der Waals surface area contributed by atoms with Crippen molar-refractivity contribution in [2.75, 3.05) is 13.1 Å². The molecule has 2 N–H and O–H groups in total. The molecule has 0 aliphatic heterocycles. The highest BCUT2D eigenvalue weighted by atomic mass is 16.4. The van der Waals surface area contributed by atoms with Crippen molar-refractivity contribution in [2.24, 2.45) is 5.92 Å². The molecule has 1 saturated carbocycles. The average Bonchev–Trinajstić information content (AvgIpc) is 2.40. The highest BCUT2D eigenvalue weighted by Crippen LogP contribution is 2.23. The van der Waals surface area contributed by atoms with E-state index in [1.807, 2.05) is 0 Å². The minimum atomic E-state index is -0.602. The SMILES string of the molecule is CCCCNCCCC.O=C(O)C1CCCCC1. The molecule has 0 amide bonds. The first-order chi connectivity index (χ1) is 8.72. The number of unbranched alkanes of at least 4 members (excludes halogenated alkanes) is 2. The molecule has 0 spiro atoms. The number of hydrogen-bond donors (Lipinski definition) is 2. The molecule has 18 heavy (non-hydrogen) atoms. The zero-order valence-corrected chi connectivity index (χ0v) is 12.2. The normalized spacial score (nSPS) is 15.9. The molecule has 1 aliphatic carbocycles. The van der Waals surface area contributed by atoms with Crippen molar-refractivity contribution < 1.29 is 9.90 Å². The van der Waals surface area contributed by atoms with Crippen LogP contribution in [0.1, 0.15) is 71.6 Å². The molecule has 0 unspecified atom stereocenters. The van der Waals surface area contributed by atoms with Crippen molar-refractivity contribution in [2.45, 2.75) is 71.6 Å². The number of nitrogens with one attached hydrogen (secondary N) is 1. The molecule has 0 bridgehead atoms. The van der Waals surface area contributed by atoms with Crippen LogP contribution < -0.4 is 5.32 Å². The summed E-state index contributed by atoms with van der Waals surface area (Å²) < 4.78 is 0. The Bertz CT molecular complexity index is 183. The van der Waals surface area contributed by atoms with E-state index in [1.54, 1.807) is 0 Å². The van der Waals surface area contributed by atoms with Gasteiger partial charge < -0.3 is 10.4 Å². The van der Waals surface area contributed by atoms with Crippen LogP contribution in [0.25, 0.3) is 0 Å². The predicted octanol–water partition coefficient (Wildman–Crippen LogP) is 3.83. The summed E-state index contributed by atoms with van der Waals surface area (Å²) >= 11 is 0. The van der Waals surface area contributed by atoms with Crippen LogP contribution in [0, 0.1) is 5.92 Å². The van der Waals surface area contributed by atoms with Gasteiger partial charge in [-0.15, -0.1) is 0 Å². The summed E-state index contributed by atoms with van der Waals surface area (Å²) in [6, 6.07) is 0. The van der Waals surface area contributed by atoms with E-state index in [9.17, 15) is 4.79 Å². The summed E-state index contributed by atoms with van der Waals surface area (Å²) in [5.74, 6) is -0.631. The Labute approximate surface area is 112 Å². The molecular formula is C15H31NO2. The molecule has 0 heterocycles. The third-order valence-corrected chi connectivity index (χ3v) is 3.37. The van der Waals surface area contributed by atoms with Gasteiger partial charge in [-0.2, -0.15) is 0 Å². The smallest absolute Gasteiger partial charge is 0.306 e. The van der Waals surface area contributed by atoms with Gasteiger partial charge in [-0.25, -0.2) is 0 Å². The van der Waals surface area contributed by atoms with Crippen LogP contribution in [0.5, 0.6) is 0 Å². The molecule has 1 aliphatic rings. The summed E-state index contributed by atoms with van der Waals surface area (Å²) in [7, 11) is 0. The van der Waals surface area contributed by atoms with Crippen LogP contribution in [-0.4, -0.2) is 24.2 Å². The Morgan fingerprint density at radius 3 is 1.89 bits per heavy atom. The van der Waals surface area contributed by atoms with Crippen LogP contribution in [0.2, 0.25) is 0 Å². The molecule has 0 aromatic carbocycles. The van der Waals surface area contributed by atoms with E-state index >= 15 is 0 Å². The van der Waals surface area contributed by atoms with E-state index in [0.717, 1.165) is 25.7 Å². The zero-order valence-electron chi connectivity index (χ0n) is 12.2. The standard InChI is InChI=1S/C8H19N.C7H12O2/c1-3-5-7-9-8-6-4-2;8-7(9)6-4-2-1-3-5-6/h9H,3-8H2,1-2H3;6H,1-5H2,(H,8,9). The maximum atomic E-state index is 10.4. The van der Waals surface area contributed by atoms with E-state index in [4.69, 9.17) is 5.11 Å². The van der Waals surface area contributed by atoms with Gasteiger partial charge in [0.2, 0.25) is 0 Å². The molecule has 3 nitrogen and oxygen atoms in total. The van der Waals surface area contributed by atoms with Crippen LogP contribution in [0.4, 0.5) is 0 Å². The van der Waals surface area contributed by atoms with Crippen LogP contribution in [-0.2, 0) is 4.79 Å². The van der Waals surface area contributed by atoms with Gasteiger partial charge in [0.25, 0.3) is 0 Å². The summed E-state index contributed by atoms with van der Waals surface area (Å²) in [5, 5.41) is 11.9. The van der Waals surface area contributed by atoms with Crippen molar-refractivity contribution in [3.8, 4) is 0 Å². The Morgan fingerprint density at radius 2 is 1.56 bits per heavy atom. The van der Waals surface area contributed by atoms with Crippen molar-refractivity contribution in [3.63, 3.8) is 0 Å². The summed E-state index contributed by atoms with van der Waals surface area (Å²) in [6.07, 6.45) is 10.5. The number of rotatable bonds is 7. The van der Waals surface area contributed by atoms with E-state index in [-0.39, 0.29) is 5.92 Å². The van der Waals surface area contributed by atoms with Crippen LogP contribution in [0.15, 0.2) is 0 Å². The Balaban J connectivity index is 0.000000321. The zero-order chi connectivity index (χ0) is 13.6. The molecule has 3 heteroatoms. The summed E-state index contributed by atoms with van der Waals surface area (Å²) in [5.41, 5.74) is 0. The highest BCUT2D eigenvalue weighted by Gasteiger charge is 2.19. The second-order valence-corrected chi connectivity index (χ2v) is 5.13. The van der Waals surface area contributed by atoms with Crippen LogP contribution >= 0.6 is 0 Å². The van der Waals surface area contributed by atoms with E-state index in [1.165, 1.54) is 45.2 Å². The quantitative estimate of drug-likeness (QED) is 0.681. The minimum absolute atomic E-state index is 0.0289. The lowest BCUT2D eigenvalue weighted by Crippen LogP contribution is -2.16. The Kier molecular flexibility index (Phi) is 12.5. The van der Waals surface area contributed by atoms with Gasteiger partial charge in [0.1, 0.15) is 0 Å². The number of carboxylic acids is 1. The number of carboxylic acid groups (broad SMARTS) is 1. The average molecular weight is 257 g/mol. The topological polar surface area (TPSA) is 49.3 Å². The third kappa shape index (κ3) is 10.6. The van der Waals surface area contributed by atoms with Gasteiger partial charge in [-0.05, 0) is 38.8 Å². The van der Waals surface area contributed by atoms with Crippen molar-refractivity contribution in [3.05, 3.63) is 0 Å². The molecule has 0 atom stereocenters. The fraction of sp³-hybridized carbons (Fsp3) is 0.933. The summed E-state index contributed by atoms with van der Waals surface area (Å²) in [4.78, 5) is 10.4. The van der Waals surface area contributed by atoms with E-state index in [0.29, 0.717) is 0 Å². The fourth-order valence-corrected chi connectivity index (χ4v) is 2.08. The molecule has 0 radical (unpaired) electrons. The Morgan fingerprint density at radius 1 is 1.06 bits per heavy atom. The molecule has 0 aromatic heterocycles. The van der Waals surface area contributed by atoms with Crippen LogP contribution in [0.3, 0.4) is 0 Å². The van der Waals surface area contributed by atoms with E-state index < -0.39 is 5.97 Å². The van der Waals surface area contributed by atoms with Gasteiger partial charge >= 0.3 is 5.97 Å². The molecule has 1 fully saturated rings. The second-order valence-electron chi connectivity index (χ2n) is 5.13. The number of carbonyl (C=O) groups is 1.